The summed E-state index contributed by atoms with van der Waals surface area (Å²) in [4.78, 5) is 37.1. The first-order chi connectivity index (χ1) is 22.6. The van der Waals surface area contributed by atoms with Gasteiger partial charge in [0.1, 0.15) is 23.4 Å². The van der Waals surface area contributed by atoms with E-state index in [4.69, 9.17) is 14.1 Å². The summed E-state index contributed by atoms with van der Waals surface area (Å²) in [6.07, 6.45) is 2.09. The van der Waals surface area contributed by atoms with Crippen LogP contribution in [0.1, 0.15) is 62.1 Å². The number of para-hydroxylation sites is 1. The molecule has 3 aromatic carbocycles. The maximum absolute atomic E-state index is 13.7. The van der Waals surface area contributed by atoms with Crippen molar-refractivity contribution in [3.63, 3.8) is 0 Å². The smallest absolute Gasteiger partial charge is 0.861 e. The van der Waals surface area contributed by atoms with Gasteiger partial charge >= 0.3 is 22.6 Å². The predicted octanol–water partition coefficient (Wildman–Crippen LogP) is 4.55. The molecule has 11 heteroatoms. The molecule has 0 saturated carbocycles. The van der Waals surface area contributed by atoms with Crippen molar-refractivity contribution in [3.05, 3.63) is 126 Å². The second-order valence-corrected chi connectivity index (χ2v) is 12.3. The average molecular weight is 693 g/mol. The van der Waals surface area contributed by atoms with Gasteiger partial charge in [-0.25, -0.2) is 4.79 Å². The average Bonchev–Trinajstić information content (AvgIpc) is 3.74. The molecule has 0 aliphatic carbocycles. The van der Waals surface area contributed by atoms with Crippen molar-refractivity contribution in [2.75, 3.05) is 6.54 Å². The monoisotopic (exact) mass is 692 g/mol. The molecule has 1 aliphatic rings. The van der Waals surface area contributed by atoms with Crippen LogP contribution in [0.2, 0.25) is 0 Å². The van der Waals surface area contributed by atoms with Crippen LogP contribution in [0.5, 0.6) is 0 Å². The summed E-state index contributed by atoms with van der Waals surface area (Å²) in [5.74, 6) is -1.69. The van der Waals surface area contributed by atoms with Crippen molar-refractivity contribution in [1.82, 2.24) is 10.2 Å². The maximum atomic E-state index is 13.7. The van der Waals surface area contributed by atoms with Crippen molar-refractivity contribution in [1.29, 1.82) is 0 Å². The summed E-state index contributed by atoms with van der Waals surface area (Å²) in [6, 6.07) is 25.8. The Balaban J connectivity index is 0.00000520. The minimum atomic E-state index is -1.65. The number of carboxylic acid groups (broad SMARTS) is 1. The quantitative estimate of drug-likeness (QED) is 0.138. The maximum Gasteiger partial charge on any atom is 2.00 e. The Bertz CT molecular complexity index is 1700. The standard InChI is InChI=1S/C37H40N4O6.Ni/c1-37(2,3)47-36(45)40-32(30-21-13-23-46-30)33(35(43)44)39-31(26-16-8-5-9-17-26)27-18-10-11-19-28(27)38-34(42)29-20-12-22-41(29)24-25-14-6-4-7-15-25;/h4-11,13-19,21,23,29,32-33H,12,20,22,24H2,1-3H3,(H,38,42)(H,40,45)(H,43,44);/q;+2/p-2/t29-,32-,33-;/m0./s1. The molecule has 1 amide bonds. The number of aliphatic imine (C=N–C) groups is 2. The molecule has 4 aromatic rings. The number of hydrogen-bond donors (Lipinski definition) is 1. The summed E-state index contributed by atoms with van der Waals surface area (Å²) >= 11 is 0. The minimum Gasteiger partial charge on any atom is -0.861 e. The second-order valence-electron chi connectivity index (χ2n) is 12.3. The van der Waals surface area contributed by atoms with Gasteiger partial charge in [0, 0.05) is 23.7 Å². The number of carboxylic acids is 1. The van der Waals surface area contributed by atoms with Crippen LogP contribution < -0.4 is 15.5 Å². The zero-order valence-electron chi connectivity index (χ0n) is 27.0. The Morgan fingerprint density at radius 2 is 1.62 bits per heavy atom. The number of hydrogen-bond acceptors (Lipinski definition) is 9. The van der Waals surface area contributed by atoms with Crippen molar-refractivity contribution in [2.45, 2.75) is 63.9 Å². The first-order valence-corrected chi connectivity index (χ1v) is 15.6. The van der Waals surface area contributed by atoms with E-state index in [-0.39, 0.29) is 33.9 Å². The molecule has 252 valence electrons. The zero-order valence-corrected chi connectivity index (χ0v) is 28.0. The van der Waals surface area contributed by atoms with Crippen LogP contribution in [-0.4, -0.2) is 52.8 Å². The van der Waals surface area contributed by atoms with E-state index in [1.165, 1.54) is 6.26 Å². The first-order valence-electron chi connectivity index (χ1n) is 15.6. The van der Waals surface area contributed by atoms with E-state index in [9.17, 15) is 19.8 Å². The Morgan fingerprint density at radius 1 is 0.958 bits per heavy atom. The fraction of sp³-hybridized carbons (Fsp3) is 0.297. The number of furan rings is 1. The van der Waals surface area contributed by atoms with Crippen LogP contribution >= 0.6 is 0 Å². The third-order valence-electron chi connectivity index (χ3n) is 7.66. The number of nitrogens with zero attached hydrogens (tertiary/aromatic N) is 3. The molecule has 48 heavy (non-hydrogen) atoms. The third-order valence-corrected chi connectivity index (χ3v) is 7.66. The zero-order chi connectivity index (χ0) is 33.4. The third kappa shape index (κ3) is 9.43. The summed E-state index contributed by atoms with van der Waals surface area (Å²) in [5.41, 5.74) is 1.90. The van der Waals surface area contributed by atoms with Crippen LogP contribution in [0.25, 0.3) is 0 Å². The van der Waals surface area contributed by atoms with E-state index in [0.717, 1.165) is 18.5 Å². The molecule has 1 fully saturated rings. The van der Waals surface area contributed by atoms with Gasteiger partial charge in [-0.2, -0.15) is 0 Å². The number of carbonyl (C=O) groups is 2. The summed E-state index contributed by atoms with van der Waals surface area (Å²) < 4.78 is 11.0. The van der Waals surface area contributed by atoms with Gasteiger partial charge in [-0.05, 0) is 69.8 Å². The molecule has 3 atom stereocenters. The number of benzene rings is 3. The van der Waals surface area contributed by atoms with Gasteiger partial charge in [-0.15, -0.1) is 0 Å². The molecule has 0 bridgehead atoms. The first kappa shape index (κ1) is 36.1. The number of alkyl carbamates (subject to hydrolysis) is 1. The molecular weight excluding hydrogens is 655 g/mol. The molecule has 0 unspecified atom stereocenters. The van der Waals surface area contributed by atoms with Gasteiger partial charge < -0.3 is 29.5 Å². The molecule has 10 nitrogen and oxygen atoms in total. The van der Waals surface area contributed by atoms with E-state index in [1.807, 2.05) is 36.4 Å². The molecule has 5 rings (SSSR count). The fourth-order valence-corrected chi connectivity index (χ4v) is 5.58. The van der Waals surface area contributed by atoms with Crippen LogP contribution in [0, 0.1) is 0 Å². The largest absolute Gasteiger partial charge is 2.00 e. The summed E-state index contributed by atoms with van der Waals surface area (Å²) in [5, 5.41) is 29.1. The number of amides is 1. The van der Waals surface area contributed by atoms with Gasteiger partial charge in [0.25, 0.3) is 0 Å². The van der Waals surface area contributed by atoms with Gasteiger partial charge in [-0.3, -0.25) is 14.9 Å². The van der Waals surface area contributed by atoms with Gasteiger partial charge in [0.15, 0.2) is 0 Å². The van der Waals surface area contributed by atoms with Gasteiger partial charge in [-0.1, -0.05) is 78.9 Å². The molecule has 1 aliphatic heterocycles. The molecule has 1 saturated heterocycles. The van der Waals surface area contributed by atoms with Crippen molar-refractivity contribution in [2.24, 2.45) is 9.98 Å². The van der Waals surface area contributed by atoms with Crippen molar-refractivity contribution < 1.29 is 45.4 Å². The molecule has 0 radical (unpaired) electrons. The van der Waals surface area contributed by atoms with Crippen LogP contribution in [-0.2, 0) is 32.6 Å². The SMILES string of the molecule is CC(C)(C)OC(=O)N[C@@H](c1ccco1)[C@H](N=C(c1ccccc1)c1ccccc1N=C([O-])[C@@H]1CCCN1Cc1ccccc1)C(=O)[O-].[Ni+2]. The normalized spacial score (nSPS) is 16.9. The molecular formula is C37H38N4NiO6. The van der Waals surface area contributed by atoms with Crippen molar-refractivity contribution >= 4 is 29.4 Å². The number of nitrogens with one attached hydrogen (secondary N) is 1. The van der Waals surface area contributed by atoms with E-state index in [1.54, 1.807) is 81.4 Å². The molecule has 1 aromatic heterocycles. The summed E-state index contributed by atoms with van der Waals surface area (Å²) in [7, 11) is 0. The van der Waals surface area contributed by atoms with Gasteiger partial charge in [0.2, 0.25) is 0 Å². The number of rotatable bonds is 11. The number of aliphatic carboxylic acids is 1. The Morgan fingerprint density at radius 3 is 2.27 bits per heavy atom. The van der Waals surface area contributed by atoms with Crippen LogP contribution in [0.3, 0.4) is 0 Å². The predicted molar refractivity (Wildman–Crippen MR) is 175 cm³/mol. The summed E-state index contributed by atoms with van der Waals surface area (Å²) in [6.45, 7) is 6.52. The molecule has 2 heterocycles. The number of likely N-dealkylation sites (tertiary alicyclic amines) is 1. The van der Waals surface area contributed by atoms with E-state index >= 15 is 0 Å². The van der Waals surface area contributed by atoms with E-state index in [0.29, 0.717) is 29.8 Å². The fourth-order valence-electron chi connectivity index (χ4n) is 5.58. The number of ether oxygens (including phenoxy) is 1. The Labute approximate surface area is 290 Å². The Hall–Kier alpha value is -4.73. The van der Waals surface area contributed by atoms with Crippen molar-refractivity contribution in [3.8, 4) is 0 Å². The van der Waals surface area contributed by atoms with E-state index < -0.39 is 35.8 Å². The minimum absolute atomic E-state index is 0. The molecule has 1 N–H and O–H groups in total. The second kappa shape index (κ2) is 16.4. The van der Waals surface area contributed by atoms with Crippen LogP contribution in [0.15, 0.2) is 118 Å². The topological polar surface area (TPSA) is 143 Å². The molecule has 0 spiro atoms. The Kier molecular flexibility index (Phi) is 12.3. The van der Waals surface area contributed by atoms with Gasteiger partial charge in [0.05, 0.1) is 23.6 Å². The van der Waals surface area contributed by atoms with Crippen LogP contribution in [0.4, 0.5) is 10.5 Å². The number of carbonyl (C=O) groups excluding carboxylic acids is 2. The van der Waals surface area contributed by atoms with E-state index in [2.05, 4.69) is 15.2 Å².